The van der Waals surface area contributed by atoms with Crippen molar-refractivity contribution in [1.82, 2.24) is 0 Å². The predicted molar refractivity (Wildman–Crippen MR) is 71.8 cm³/mol. The SMILES string of the molecule is Cc1ccc(O)c(Br)c1C(OC(C)(C)C)C(=O)O. The van der Waals surface area contributed by atoms with Crippen LogP contribution in [0, 0.1) is 6.92 Å². The first-order valence-electron chi connectivity index (χ1n) is 5.52. The van der Waals surface area contributed by atoms with E-state index >= 15 is 0 Å². The number of aromatic hydroxyl groups is 1. The van der Waals surface area contributed by atoms with E-state index in [1.54, 1.807) is 33.8 Å². The number of carboxylic acids is 1. The van der Waals surface area contributed by atoms with Gasteiger partial charge in [0.15, 0.2) is 6.10 Å². The van der Waals surface area contributed by atoms with Crippen molar-refractivity contribution < 1.29 is 19.7 Å². The summed E-state index contributed by atoms with van der Waals surface area (Å²) >= 11 is 3.21. The first kappa shape index (κ1) is 15.0. The standard InChI is InChI=1S/C13H17BrO4/c1-7-5-6-8(15)10(14)9(7)11(12(16)17)18-13(2,3)4/h5-6,11,15H,1-4H3,(H,16,17). The highest BCUT2D eigenvalue weighted by molar-refractivity contribution is 9.10. The van der Waals surface area contributed by atoms with Gasteiger partial charge in [0.1, 0.15) is 5.75 Å². The largest absolute Gasteiger partial charge is 0.507 e. The van der Waals surface area contributed by atoms with Crippen molar-refractivity contribution in [2.45, 2.75) is 39.4 Å². The molecule has 0 aromatic heterocycles. The summed E-state index contributed by atoms with van der Waals surface area (Å²) in [4.78, 5) is 11.4. The third-order valence-corrected chi connectivity index (χ3v) is 3.17. The summed E-state index contributed by atoms with van der Waals surface area (Å²) in [7, 11) is 0. The Bertz CT molecular complexity index is 463. The molecule has 1 unspecified atom stereocenters. The highest BCUT2D eigenvalue weighted by Crippen LogP contribution is 2.37. The van der Waals surface area contributed by atoms with E-state index < -0.39 is 17.7 Å². The van der Waals surface area contributed by atoms with E-state index in [1.165, 1.54) is 6.07 Å². The molecule has 1 aromatic carbocycles. The Morgan fingerprint density at radius 2 is 1.94 bits per heavy atom. The Balaban J connectivity index is 3.31. The maximum atomic E-state index is 11.4. The third-order valence-electron chi connectivity index (χ3n) is 2.34. The van der Waals surface area contributed by atoms with Crippen LogP contribution in [-0.2, 0) is 9.53 Å². The minimum absolute atomic E-state index is 0.000593. The van der Waals surface area contributed by atoms with Gasteiger partial charge >= 0.3 is 5.97 Å². The zero-order valence-corrected chi connectivity index (χ0v) is 12.4. The van der Waals surface area contributed by atoms with E-state index in [1.807, 2.05) is 0 Å². The van der Waals surface area contributed by atoms with Gasteiger partial charge in [0.2, 0.25) is 0 Å². The molecule has 1 aromatic rings. The van der Waals surface area contributed by atoms with Crippen LogP contribution in [0.1, 0.15) is 38.0 Å². The van der Waals surface area contributed by atoms with Crippen molar-refractivity contribution in [2.24, 2.45) is 0 Å². The lowest BCUT2D eigenvalue weighted by molar-refractivity contribution is -0.160. The first-order chi connectivity index (χ1) is 8.13. The molecular weight excluding hydrogens is 300 g/mol. The summed E-state index contributed by atoms with van der Waals surface area (Å²) in [5.41, 5.74) is 0.592. The van der Waals surface area contributed by atoms with Gasteiger partial charge in [-0.1, -0.05) is 6.07 Å². The molecule has 2 N–H and O–H groups in total. The van der Waals surface area contributed by atoms with Crippen molar-refractivity contribution in [2.75, 3.05) is 0 Å². The minimum atomic E-state index is -1.12. The fourth-order valence-electron chi connectivity index (χ4n) is 1.59. The van der Waals surface area contributed by atoms with Crippen LogP contribution in [0.5, 0.6) is 5.75 Å². The molecular formula is C13H17BrO4. The second-order valence-electron chi connectivity index (χ2n) is 5.08. The van der Waals surface area contributed by atoms with E-state index in [0.717, 1.165) is 5.56 Å². The number of hydrogen-bond acceptors (Lipinski definition) is 3. The summed E-state index contributed by atoms with van der Waals surface area (Å²) in [6.07, 6.45) is -1.12. The lowest BCUT2D eigenvalue weighted by atomic mass is 10.0. The van der Waals surface area contributed by atoms with Crippen LogP contribution in [-0.4, -0.2) is 21.8 Å². The number of halogens is 1. The van der Waals surface area contributed by atoms with E-state index in [4.69, 9.17) is 4.74 Å². The van der Waals surface area contributed by atoms with Crippen molar-refractivity contribution >= 4 is 21.9 Å². The van der Waals surface area contributed by atoms with Crippen LogP contribution < -0.4 is 0 Å². The Kier molecular flexibility index (Phi) is 4.40. The molecule has 100 valence electrons. The van der Waals surface area contributed by atoms with Gasteiger partial charge in [0, 0.05) is 5.56 Å². The summed E-state index contributed by atoms with van der Waals surface area (Å²) in [6.45, 7) is 7.14. The smallest absolute Gasteiger partial charge is 0.337 e. The lowest BCUT2D eigenvalue weighted by Gasteiger charge is -2.27. The number of phenols is 1. The van der Waals surface area contributed by atoms with Crippen LogP contribution in [0.2, 0.25) is 0 Å². The fraction of sp³-hybridized carbons (Fsp3) is 0.462. The molecule has 0 radical (unpaired) electrons. The number of rotatable bonds is 3. The molecule has 0 spiro atoms. The van der Waals surface area contributed by atoms with Gasteiger partial charge in [-0.15, -0.1) is 0 Å². The molecule has 0 aliphatic heterocycles. The van der Waals surface area contributed by atoms with Crippen molar-refractivity contribution in [3.05, 3.63) is 27.7 Å². The average Bonchev–Trinajstić information content (AvgIpc) is 2.21. The van der Waals surface area contributed by atoms with E-state index in [0.29, 0.717) is 10.0 Å². The number of benzene rings is 1. The summed E-state index contributed by atoms with van der Waals surface area (Å²) in [5.74, 6) is -1.08. The maximum absolute atomic E-state index is 11.4. The van der Waals surface area contributed by atoms with Crippen LogP contribution in [0.15, 0.2) is 16.6 Å². The minimum Gasteiger partial charge on any atom is -0.507 e. The van der Waals surface area contributed by atoms with Gasteiger partial charge in [-0.3, -0.25) is 0 Å². The van der Waals surface area contributed by atoms with Crippen molar-refractivity contribution in [3.8, 4) is 5.75 Å². The van der Waals surface area contributed by atoms with Gasteiger partial charge in [-0.05, 0) is 55.3 Å². The van der Waals surface area contributed by atoms with Crippen molar-refractivity contribution in [3.63, 3.8) is 0 Å². The Morgan fingerprint density at radius 3 is 2.39 bits per heavy atom. The molecule has 0 amide bonds. The van der Waals surface area contributed by atoms with Crippen LogP contribution in [0.3, 0.4) is 0 Å². The van der Waals surface area contributed by atoms with Gasteiger partial charge in [-0.25, -0.2) is 4.79 Å². The molecule has 0 aliphatic carbocycles. The molecule has 0 bridgehead atoms. The van der Waals surface area contributed by atoms with Gasteiger partial charge < -0.3 is 14.9 Å². The predicted octanol–water partition coefficient (Wildman–Crippen LogP) is 3.40. The number of ether oxygens (including phenoxy) is 1. The molecule has 0 saturated heterocycles. The highest BCUT2D eigenvalue weighted by Gasteiger charge is 2.30. The first-order valence-corrected chi connectivity index (χ1v) is 6.31. The summed E-state index contributed by atoms with van der Waals surface area (Å²) < 4.78 is 5.92. The number of carbonyl (C=O) groups is 1. The van der Waals surface area contributed by atoms with Gasteiger partial charge in [-0.2, -0.15) is 0 Å². The normalized spacial score (nSPS) is 13.4. The van der Waals surface area contributed by atoms with Gasteiger partial charge in [0.25, 0.3) is 0 Å². The number of aryl methyl sites for hydroxylation is 1. The zero-order valence-electron chi connectivity index (χ0n) is 10.8. The number of phenolic OH excluding ortho intramolecular Hbond substituents is 1. The molecule has 5 heteroatoms. The summed E-state index contributed by atoms with van der Waals surface area (Å²) in [5, 5.41) is 19.0. The second-order valence-corrected chi connectivity index (χ2v) is 5.87. The van der Waals surface area contributed by atoms with Crippen LogP contribution in [0.4, 0.5) is 0 Å². The monoisotopic (exact) mass is 316 g/mol. The molecule has 0 aliphatic rings. The average molecular weight is 317 g/mol. The number of hydrogen-bond donors (Lipinski definition) is 2. The molecule has 0 heterocycles. The number of aliphatic carboxylic acids is 1. The molecule has 1 rings (SSSR count). The highest BCUT2D eigenvalue weighted by atomic mass is 79.9. The van der Waals surface area contributed by atoms with Crippen molar-refractivity contribution in [1.29, 1.82) is 0 Å². The lowest BCUT2D eigenvalue weighted by Crippen LogP contribution is -2.28. The Morgan fingerprint density at radius 1 is 1.39 bits per heavy atom. The zero-order chi connectivity index (χ0) is 14.1. The topological polar surface area (TPSA) is 66.8 Å². The summed E-state index contributed by atoms with van der Waals surface area (Å²) in [6, 6.07) is 3.18. The quantitative estimate of drug-likeness (QED) is 0.896. The molecule has 0 saturated carbocycles. The fourth-order valence-corrected chi connectivity index (χ4v) is 2.24. The Labute approximate surface area is 115 Å². The van der Waals surface area contributed by atoms with E-state index in [9.17, 15) is 15.0 Å². The van der Waals surface area contributed by atoms with Crippen LogP contribution in [0.25, 0.3) is 0 Å². The molecule has 1 atom stereocenters. The molecule has 0 fully saturated rings. The van der Waals surface area contributed by atoms with Crippen LogP contribution >= 0.6 is 15.9 Å². The Hall–Kier alpha value is -1.07. The molecule has 18 heavy (non-hydrogen) atoms. The molecule has 4 nitrogen and oxygen atoms in total. The van der Waals surface area contributed by atoms with E-state index in [2.05, 4.69) is 15.9 Å². The third kappa shape index (κ3) is 3.46. The van der Waals surface area contributed by atoms with Gasteiger partial charge in [0.05, 0.1) is 10.1 Å². The number of carboxylic acid groups (broad SMARTS) is 1. The second kappa shape index (κ2) is 5.28. The maximum Gasteiger partial charge on any atom is 0.337 e. The van der Waals surface area contributed by atoms with E-state index in [-0.39, 0.29) is 5.75 Å².